The summed E-state index contributed by atoms with van der Waals surface area (Å²) >= 11 is 0. The van der Waals surface area contributed by atoms with Crippen molar-refractivity contribution in [3.05, 3.63) is 35.4 Å². The van der Waals surface area contributed by atoms with Gasteiger partial charge in [-0.05, 0) is 35.9 Å². The molecule has 0 aliphatic carbocycles. The molecular formula is C18H31ClN2O. The lowest BCUT2D eigenvalue weighted by molar-refractivity contribution is -0.130. The number of nitrogens with two attached hydrogens (primary N) is 1. The van der Waals surface area contributed by atoms with Crippen LogP contribution in [0.15, 0.2) is 24.3 Å². The maximum atomic E-state index is 12.2. The van der Waals surface area contributed by atoms with E-state index in [0.717, 1.165) is 12.0 Å². The fraction of sp³-hybridized carbons (Fsp3) is 0.611. The molecule has 126 valence electrons. The van der Waals surface area contributed by atoms with Crippen LogP contribution in [0.5, 0.6) is 0 Å². The Morgan fingerprint density at radius 3 is 2.23 bits per heavy atom. The van der Waals surface area contributed by atoms with E-state index in [2.05, 4.69) is 45.0 Å². The van der Waals surface area contributed by atoms with E-state index in [1.807, 2.05) is 7.05 Å². The van der Waals surface area contributed by atoms with Crippen molar-refractivity contribution in [2.24, 2.45) is 11.1 Å². The summed E-state index contributed by atoms with van der Waals surface area (Å²) in [6, 6.07) is 8.43. The minimum absolute atomic E-state index is 0. The van der Waals surface area contributed by atoms with Crippen LogP contribution in [0.4, 0.5) is 0 Å². The van der Waals surface area contributed by atoms with Crippen molar-refractivity contribution in [1.29, 1.82) is 0 Å². The van der Waals surface area contributed by atoms with Crippen LogP contribution < -0.4 is 5.73 Å². The minimum Gasteiger partial charge on any atom is -0.345 e. The predicted molar refractivity (Wildman–Crippen MR) is 96.5 cm³/mol. The number of rotatable bonds is 8. The van der Waals surface area contributed by atoms with E-state index >= 15 is 0 Å². The standard InChI is InChI=1S/C18H30N2O.ClH/c1-5-6-7-15-8-10-16(11-9-15)12-17(21)20(4)14-18(2,3)13-19;/h8-11H,5-7,12-14,19H2,1-4H3;1H. The second-order valence-electron chi connectivity index (χ2n) is 6.71. The van der Waals surface area contributed by atoms with Gasteiger partial charge in [0, 0.05) is 13.6 Å². The highest BCUT2D eigenvalue weighted by molar-refractivity contribution is 5.85. The SMILES string of the molecule is CCCCc1ccc(CC(=O)N(C)CC(C)(C)CN)cc1.Cl. The monoisotopic (exact) mass is 326 g/mol. The average molecular weight is 327 g/mol. The van der Waals surface area contributed by atoms with Crippen molar-refractivity contribution in [3.8, 4) is 0 Å². The molecule has 0 unspecified atom stereocenters. The topological polar surface area (TPSA) is 46.3 Å². The van der Waals surface area contributed by atoms with Crippen LogP contribution in [0.1, 0.15) is 44.7 Å². The van der Waals surface area contributed by atoms with Gasteiger partial charge in [-0.2, -0.15) is 0 Å². The number of halogens is 1. The van der Waals surface area contributed by atoms with Gasteiger partial charge in [0.05, 0.1) is 6.42 Å². The van der Waals surface area contributed by atoms with E-state index in [-0.39, 0.29) is 23.7 Å². The molecule has 3 nitrogen and oxygen atoms in total. The summed E-state index contributed by atoms with van der Waals surface area (Å²) in [5.41, 5.74) is 8.13. The number of aryl methyl sites for hydroxylation is 1. The molecule has 2 N–H and O–H groups in total. The van der Waals surface area contributed by atoms with Gasteiger partial charge in [-0.25, -0.2) is 0 Å². The zero-order chi connectivity index (χ0) is 15.9. The largest absolute Gasteiger partial charge is 0.345 e. The highest BCUT2D eigenvalue weighted by atomic mass is 35.5. The van der Waals surface area contributed by atoms with Crippen LogP contribution >= 0.6 is 12.4 Å². The number of likely N-dealkylation sites (N-methyl/N-ethyl adjacent to an activating group) is 1. The van der Waals surface area contributed by atoms with Crippen LogP contribution in [0, 0.1) is 5.41 Å². The summed E-state index contributed by atoms with van der Waals surface area (Å²) in [5, 5.41) is 0. The zero-order valence-electron chi connectivity index (χ0n) is 14.4. The van der Waals surface area contributed by atoms with Crippen molar-refractivity contribution in [3.63, 3.8) is 0 Å². The molecule has 0 atom stereocenters. The lowest BCUT2D eigenvalue weighted by atomic mass is 9.93. The minimum atomic E-state index is -0.0333. The van der Waals surface area contributed by atoms with Gasteiger partial charge < -0.3 is 10.6 Å². The number of benzene rings is 1. The first-order valence-electron chi connectivity index (χ1n) is 7.90. The van der Waals surface area contributed by atoms with Gasteiger partial charge in [-0.3, -0.25) is 4.79 Å². The first-order valence-corrected chi connectivity index (χ1v) is 7.90. The predicted octanol–water partition coefficient (Wildman–Crippen LogP) is 3.44. The molecule has 1 rings (SSSR count). The third-order valence-electron chi connectivity index (χ3n) is 3.84. The third-order valence-corrected chi connectivity index (χ3v) is 3.84. The van der Waals surface area contributed by atoms with Crippen LogP contribution in [-0.4, -0.2) is 30.9 Å². The van der Waals surface area contributed by atoms with Crippen LogP contribution in [-0.2, 0) is 17.6 Å². The fourth-order valence-corrected chi connectivity index (χ4v) is 2.31. The maximum Gasteiger partial charge on any atom is 0.226 e. The van der Waals surface area contributed by atoms with Crippen molar-refractivity contribution < 1.29 is 4.79 Å². The number of hydrogen-bond donors (Lipinski definition) is 1. The molecule has 0 saturated carbocycles. The lowest BCUT2D eigenvalue weighted by Crippen LogP contribution is -2.40. The highest BCUT2D eigenvalue weighted by Gasteiger charge is 2.21. The number of amides is 1. The number of carbonyl (C=O) groups excluding carboxylic acids is 1. The molecule has 0 aliphatic heterocycles. The summed E-state index contributed by atoms with van der Waals surface area (Å²) in [6.45, 7) is 7.64. The fourth-order valence-electron chi connectivity index (χ4n) is 2.31. The van der Waals surface area contributed by atoms with Gasteiger partial charge in [-0.15, -0.1) is 12.4 Å². The summed E-state index contributed by atoms with van der Waals surface area (Å²) in [6.07, 6.45) is 4.01. The Kier molecular flexibility index (Phi) is 9.38. The summed E-state index contributed by atoms with van der Waals surface area (Å²) in [5.74, 6) is 0.151. The van der Waals surface area contributed by atoms with Crippen molar-refractivity contribution in [2.75, 3.05) is 20.1 Å². The number of hydrogen-bond acceptors (Lipinski definition) is 2. The van der Waals surface area contributed by atoms with Crippen molar-refractivity contribution in [2.45, 2.75) is 46.5 Å². The molecule has 0 spiro atoms. The average Bonchev–Trinajstić information content (AvgIpc) is 2.46. The van der Waals surface area contributed by atoms with E-state index in [4.69, 9.17) is 5.73 Å². The normalized spacial score (nSPS) is 11.0. The Morgan fingerprint density at radius 2 is 1.73 bits per heavy atom. The molecule has 0 aliphatic rings. The van der Waals surface area contributed by atoms with Crippen molar-refractivity contribution in [1.82, 2.24) is 4.90 Å². The molecule has 0 bridgehead atoms. The first-order chi connectivity index (χ1) is 9.88. The van der Waals surface area contributed by atoms with Crippen LogP contribution in [0.25, 0.3) is 0 Å². The molecule has 0 heterocycles. The Morgan fingerprint density at radius 1 is 1.18 bits per heavy atom. The molecule has 0 radical (unpaired) electrons. The Bertz CT molecular complexity index is 443. The zero-order valence-corrected chi connectivity index (χ0v) is 15.2. The highest BCUT2D eigenvalue weighted by Crippen LogP contribution is 2.15. The van der Waals surface area contributed by atoms with Gasteiger partial charge in [0.2, 0.25) is 5.91 Å². The molecule has 1 aromatic carbocycles. The van der Waals surface area contributed by atoms with Crippen LogP contribution in [0.3, 0.4) is 0 Å². The van der Waals surface area contributed by atoms with Crippen molar-refractivity contribution >= 4 is 18.3 Å². The summed E-state index contributed by atoms with van der Waals surface area (Å²) < 4.78 is 0. The first kappa shape index (κ1) is 20.9. The summed E-state index contributed by atoms with van der Waals surface area (Å²) in [7, 11) is 1.86. The quantitative estimate of drug-likeness (QED) is 0.795. The van der Waals surface area contributed by atoms with E-state index in [9.17, 15) is 4.79 Å². The second kappa shape index (κ2) is 9.86. The molecule has 1 aromatic rings. The molecule has 1 amide bonds. The third kappa shape index (κ3) is 7.28. The van der Waals surface area contributed by atoms with Gasteiger partial charge in [-0.1, -0.05) is 51.5 Å². The van der Waals surface area contributed by atoms with E-state index in [1.54, 1.807) is 4.90 Å². The molecule has 22 heavy (non-hydrogen) atoms. The number of nitrogens with zero attached hydrogens (tertiary/aromatic N) is 1. The maximum absolute atomic E-state index is 12.2. The smallest absolute Gasteiger partial charge is 0.226 e. The molecule has 0 saturated heterocycles. The lowest BCUT2D eigenvalue weighted by Gasteiger charge is -2.29. The van der Waals surface area contributed by atoms with E-state index < -0.39 is 0 Å². The Hall–Kier alpha value is -1.06. The van der Waals surface area contributed by atoms with Gasteiger partial charge in [0.25, 0.3) is 0 Å². The van der Waals surface area contributed by atoms with E-state index in [0.29, 0.717) is 19.5 Å². The Labute approximate surface area is 141 Å². The molecule has 4 heteroatoms. The molecule has 0 aromatic heterocycles. The summed E-state index contributed by atoms with van der Waals surface area (Å²) in [4.78, 5) is 14.0. The molecule has 0 fully saturated rings. The van der Waals surface area contributed by atoms with Crippen LogP contribution in [0.2, 0.25) is 0 Å². The van der Waals surface area contributed by atoms with Gasteiger partial charge in [0.1, 0.15) is 0 Å². The van der Waals surface area contributed by atoms with E-state index in [1.165, 1.54) is 18.4 Å². The Balaban J connectivity index is 0.00000441. The second-order valence-corrected chi connectivity index (χ2v) is 6.71. The number of carbonyl (C=O) groups is 1. The van der Waals surface area contributed by atoms with Gasteiger partial charge >= 0.3 is 0 Å². The number of unbranched alkanes of at least 4 members (excludes halogenated alkanes) is 1. The molecular weight excluding hydrogens is 296 g/mol. The van der Waals surface area contributed by atoms with Gasteiger partial charge in [0.15, 0.2) is 0 Å².